The van der Waals surface area contributed by atoms with Crippen LogP contribution in [-0.2, 0) is 4.79 Å². The van der Waals surface area contributed by atoms with Gasteiger partial charge in [-0.15, -0.1) is 0 Å². The number of thiocarbonyl (C=S) groups is 1. The number of hydrogen-bond acceptors (Lipinski definition) is 4. The second kappa shape index (κ2) is 8.81. The van der Waals surface area contributed by atoms with Crippen molar-refractivity contribution in [3.05, 3.63) is 29.8 Å². The average Bonchev–Trinajstić information content (AvgIpc) is 2.43. The monoisotopic (exact) mass is 312 g/mol. The Balaban J connectivity index is 2.47. The summed E-state index contributed by atoms with van der Waals surface area (Å²) in [7, 11) is 0. The minimum absolute atomic E-state index is 0.0385. The molecule has 0 aromatic heterocycles. The van der Waals surface area contributed by atoms with Gasteiger partial charge in [0.05, 0.1) is 5.56 Å². The molecule has 1 unspecified atom stereocenters. The van der Waals surface area contributed by atoms with E-state index in [1.54, 1.807) is 23.9 Å². The molecule has 110 valence electrons. The molecule has 1 rings (SSSR count). The number of carbonyl (C=O) groups is 1. The fraction of sp³-hybridized carbons (Fsp3) is 0.429. The van der Waals surface area contributed by atoms with Crippen molar-refractivity contribution in [1.29, 1.82) is 0 Å². The van der Waals surface area contributed by atoms with Crippen LogP contribution in [0.4, 0.5) is 0 Å². The molecule has 0 radical (unpaired) electrons. The van der Waals surface area contributed by atoms with Gasteiger partial charge < -0.3 is 15.8 Å². The van der Waals surface area contributed by atoms with Crippen LogP contribution >= 0.6 is 24.0 Å². The van der Waals surface area contributed by atoms with Gasteiger partial charge in [0.2, 0.25) is 0 Å². The lowest BCUT2D eigenvalue weighted by Crippen LogP contribution is -2.36. The van der Waals surface area contributed by atoms with E-state index in [2.05, 4.69) is 5.32 Å². The molecule has 0 fully saturated rings. The quantitative estimate of drug-likeness (QED) is 0.718. The molecular weight excluding hydrogens is 292 g/mol. The molecule has 0 saturated carbocycles. The number of thioether (sulfide) groups is 1. The first kappa shape index (κ1) is 16.8. The third-order valence-corrected chi connectivity index (χ3v) is 3.54. The van der Waals surface area contributed by atoms with Gasteiger partial charge in [-0.25, -0.2) is 0 Å². The summed E-state index contributed by atoms with van der Waals surface area (Å²) in [6, 6.07) is 7.31. The van der Waals surface area contributed by atoms with Gasteiger partial charge in [0.15, 0.2) is 6.61 Å². The Morgan fingerprint density at radius 1 is 1.50 bits per heavy atom. The summed E-state index contributed by atoms with van der Waals surface area (Å²) in [6.45, 7) is 1.94. The molecule has 1 atom stereocenters. The first-order valence-corrected chi connectivity index (χ1v) is 8.14. The molecule has 0 aliphatic rings. The van der Waals surface area contributed by atoms with Gasteiger partial charge in [0, 0.05) is 6.04 Å². The Hall–Kier alpha value is -1.27. The van der Waals surface area contributed by atoms with E-state index in [1.807, 2.05) is 25.3 Å². The Kier molecular flexibility index (Phi) is 7.40. The van der Waals surface area contributed by atoms with Gasteiger partial charge in [-0.2, -0.15) is 11.8 Å². The van der Waals surface area contributed by atoms with Gasteiger partial charge in [-0.1, -0.05) is 24.4 Å². The smallest absolute Gasteiger partial charge is 0.258 e. The number of amides is 1. The number of nitrogens with two attached hydrogens (primary N) is 1. The summed E-state index contributed by atoms with van der Waals surface area (Å²) in [5.41, 5.74) is 6.25. The number of ether oxygens (including phenoxy) is 1. The molecule has 20 heavy (non-hydrogen) atoms. The van der Waals surface area contributed by atoms with Crippen molar-refractivity contribution in [3.63, 3.8) is 0 Å². The van der Waals surface area contributed by atoms with E-state index in [4.69, 9.17) is 22.7 Å². The maximum atomic E-state index is 11.8. The molecule has 1 aromatic rings. The van der Waals surface area contributed by atoms with Crippen LogP contribution in [0.3, 0.4) is 0 Å². The van der Waals surface area contributed by atoms with Crippen LogP contribution in [0.1, 0.15) is 18.9 Å². The molecule has 3 N–H and O–H groups in total. The highest BCUT2D eigenvalue weighted by Gasteiger charge is 2.10. The highest BCUT2D eigenvalue weighted by molar-refractivity contribution is 7.98. The molecule has 0 aliphatic carbocycles. The lowest BCUT2D eigenvalue weighted by atomic mass is 10.2. The second-order valence-electron chi connectivity index (χ2n) is 4.40. The van der Waals surface area contributed by atoms with E-state index in [0.717, 1.165) is 12.2 Å². The second-order valence-corrected chi connectivity index (χ2v) is 5.82. The maximum Gasteiger partial charge on any atom is 0.258 e. The Morgan fingerprint density at radius 2 is 2.20 bits per heavy atom. The minimum atomic E-state index is -0.142. The van der Waals surface area contributed by atoms with Crippen LogP contribution in [0.15, 0.2) is 24.3 Å². The van der Waals surface area contributed by atoms with Crippen molar-refractivity contribution in [3.8, 4) is 5.75 Å². The third-order valence-electron chi connectivity index (χ3n) is 2.67. The zero-order valence-electron chi connectivity index (χ0n) is 11.7. The Labute approximate surface area is 129 Å². The van der Waals surface area contributed by atoms with Gasteiger partial charge in [0.25, 0.3) is 5.91 Å². The molecule has 1 amide bonds. The van der Waals surface area contributed by atoms with Crippen LogP contribution in [-0.4, -0.2) is 35.6 Å². The largest absolute Gasteiger partial charge is 0.483 e. The van der Waals surface area contributed by atoms with Crippen molar-refractivity contribution in [2.45, 2.75) is 19.4 Å². The van der Waals surface area contributed by atoms with Crippen LogP contribution in [0, 0.1) is 0 Å². The summed E-state index contributed by atoms with van der Waals surface area (Å²) in [5.74, 6) is 1.41. The summed E-state index contributed by atoms with van der Waals surface area (Å²) in [5, 5.41) is 2.89. The van der Waals surface area contributed by atoms with E-state index in [1.165, 1.54) is 0 Å². The SMILES string of the molecule is CSCCC(C)NC(=O)COc1ccccc1C(N)=S. The number of carbonyl (C=O) groups excluding carboxylic acids is 1. The van der Waals surface area contributed by atoms with Gasteiger partial charge >= 0.3 is 0 Å². The molecule has 0 aliphatic heterocycles. The summed E-state index contributed by atoms with van der Waals surface area (Å²) in [6.07, 6.45) is 2.99. The molecule has 0 bridgehead atoms. The van der Waals surface area contributed by atoms with Crippen LogP contribution < -0.4 is 15.8 Å². The number of rotatable bonds is 8. The highest BCUT2D eigenvalue weighted by atomic mass is 32.2. The van der Waals surface area contributed by atoms with Gasteiger partial charge in [-0.3, -0.25) is 4.79 Å². The maximum absolute atomic E-state index is 11.8. The van der Waals surface area contributed by atoms with Crippen LogP contribution in [0.2, 0.25) is 0 Å². The lowest BCUT2D eigenvalue weighted by molar-refractivity contribution is -0.123. The fourth-order valence-corrected chi connectivity index (χ4v) is 2.38. The molecule has 4 nitrogen and oxygen atoms in total. The van der Waals surface area contributed by atoms with Crippen molar-refractivity contribution in [1.82, 2.24) is 5.32 Å². The highest BCUT2D eigenvalue weighted by Crippen LogP contribution is 2.17. The number of benzene rings is 1. The minimum Gasteiger partial charge on any atom is -0.483 e. The van der Waals surface area contributed by atoms with Crippen LogP contribution in [0.5, 0.6) is 5.75 Å². The molecule has 0 spiro atoms. The zero-order chi connectivity index (χ0) is 15.0. The van der Waals surface area contributed by atoms with E-state index in [0.29, 0.717) is 11.3 Å². The van der Waals surface area contributed by atoms with Gasteiger partial charge in [-0.05, 0) is 37.5 Å². The summed E-state index contributed by atoms with van der Waals surface area (Å²) >= 11 is 6.70. The summed E-state index contributed by atoms with van der Waals surface area (Å²) < 4.78 is 5.48. The Morgan fingerprint density at radius 3 is 2.85 bits per heavy atom. The summed E-state index contributed by atoms with van der Waals surface area (Å²) in [4.78, 5) is 12.0. The predicted molar refractivity (Wildman–Crippen MR) is 88.4 cm³/mol. The molecule has 1 aromatic carbocycles. The molecule has 6 heteroatoms. The van der Waals surface area contributed by atoms with Crippen molar-refractivity contribution < 1.29 is 9.53 Å². The predicted octanol–water partition coefficient (Wildman–Crippen LogP) is 1.96. The molecule has 0 saturated heterocycles. The number of para-hydroxylation sites is 1. The zero-order valence-corrected chi connectivity index (χ0v) is 13.4. The average molecular weight is 312 g/mol. The van der Waals surface area contributed by atoms with E-state index in [9.17, 15) is 4.79 Å². The molecular formula is C14H20N2O2S2. The normalized spacial score (nSPS) is 11.7. The topological polar surface area (TPSA) is 64.3 Å². The third kappa shape index (κ3) is 5.79. The number of nitrogens with one attached hydrogen (secondary N) is 1. The number of hydrogen-bond donors (Lipinski definition) is 2. The lowest BCUT2D eigenvalue weighted by Gasteiger charge is -2.14. The first-order valence-electron chi connectivity index (χ1n) is 6.34. The first-order chi connectivity index (χ1) is 9.54. The van der Waals surface area contributed by atoms with Crippen molar-refractivity contribution in [2.24, 2.45) is 5.73 Å². The Bertz CT molecular complexity index is 466. The van der Waals surface area contributed by atoms with E-state index >= 15 is 0 Å². The van der Waals surface area contributed by atoms with E-state index < -0.39 is 0 Å². The van der Waals surface area contributed by atoms with Gasteiger partial charge in [0.1, 0.15) is 10.7 Å². The van der Waals surface area contributed by atoms with Crippen molar-refractivity contribution in [2.75, 3.05) is 18.6 Å². The van der Waals surface area contributed by atoms with E-state index in [-0.39, 0.29) is 23.5 Å². The molecule has 0 heterocycles. The van der Waals surface area contributed by atoms with Crippen LogP contribution in [0.25, 0.3) is 0 Å². The van der Waals surface area contributed by atoms with Crippen molar-refractivity contribution >= 4 is 34.9 Å². The standard InChI is InChI=1S/C14H20N2O2S2/c1-10(7-8-20-2)16-13(17)9-18-12-6-4-3-5-11(12)14(15)19/h3-6,10H,7-9H2,1-2H3,(H2,15,19)(H,16,17). The fourth-order valence-electron chi connectivity index (χ4n) is 1.62.